The maximum Gasteiger partial charge on any atom is 0.0771 e. The number of aromatic nitrogens is 1. The number of hydrogen-bond donors (Lipinski definition) is 2. The van der Waals surface area contributed by atoms with Crippen LogP contribution in [0.25, 0.3) is 0 Å². The van der Waals surface area contributed by atoms with Gasteiger partial charge in [-0.25, -0.2) is 0 Å². The summed E-state index contributed by atoms with van der Waals surface area (Å²) in [4.78, 5) is 0. The van der Waals surface area contributed by atoms with Gasteiger partial charge in [-0.3, -0.25) is 0 Å². The van der Waals surface area contributed by atoms with Gasteiger partial charge in [-0.05, 0) is 45.2 Å². The zero-order valence-electron chi connectivity index (χ0n) is 13.3. The van der Waals surface area contributed by atoms with E-state index >= 15 is 0 Å². The summed E-state index contributed by atoms with van der Waals surface area (Å²) in [6, 6.07) is 2.27. The molecule has 1 saturated carbocycles. The Morgan fingerprint density at radius 3 is 2.40 bits per heavy atom. The Morgan fingerprint density at radius 1 is 1.20 bits per heavy atom. The molecule has 20 heavy (non-hydrogen) atoms. The average molecular weight is 278 g/mol. The third kappa shape index (κ3) is 3.64. The summed E-state index contributed by atoms with van der Waals surface area (Å²) in [5, 5.41) is 14.1. The van der Waals surface area contributed by atoms with Gasteiger partial charge in [0.2, 0.25) is 0 Å². The number of hydrogen-bond acceptors (Lipinski definition) is 2. The van der Waals surface area contributed by atoms with E-state index in [0.717, 1.165) is 32.5 Å². The second-order valence-corrected chi connectivity index (χ2v) is 6.38. The first-order valence-corrected chi connectivity index (χ1v) is 8.14. The highest BCUT2D eigenvalue weighted by atomic mass is 16.3. The van der Waals surface area contributed by atoms with Crippen molar-refractivity contribution in [2.24, 2.45) is 0 Å². The molecule has 0 saturated heterocycles. The van der Waals surface area contributed by atoms with E-state index in [-0.39, 0.29) is 0 Å². The fraction of sp³-hybridized carbons (Fsp3) is 0.765. The molecule has 1 heterocycles. The van der Waals surface area contributed by atoms with Crippen molar-refractivity contribution in [3.8, 4) is 0 Å². The van der Waals surface area contributed by atoms with Crippen molar-refractivity contribution >= 4 is 0 Å². The highest BCUT2D eigenvalue weighted by molar-refractivity contribution is 5.26. The molecule has 1 aromatic rings. The molecule has 0 aromatic carbocycles. The first-order chi connectivity index (χ1) is 9.56. The number of aliphatic hydroxyl groups is 1. The maximum absolute atomic E-state index is 10.6. The third-order valence-electron chi connectivity index (χ3n) is 4.80. The van der Waals surface area contributed by atoms with Crippen LogP contribution in [0.3, 0.4) is 0 Å². The number of nitrogens with one attached hydrogen (secondary N) is 1. The van der Waals surface area contributed by atoms with Gasteiger partial charge in [0.1, 0.15) is 0 Å². The van der Waals surface area contributed by atoms with E-state index in [9.17, 15) is 5.11 Å². The Bertz CT molecular complexity index is 428. The number of rotatable bonds is 5. The van der Waals surface area contributed by atoms with Crippen LogP contribution in [0, 0.1) is 13.8 Å². The molecule has 1 aromatic heterocycles. The summed E-state index contributed by atoms with van der Waals surface area (Å²) in [5.41, 5.74) is 3.56. The van der Waals surface area contributed by atoms with Crippen LogP contribution in [-0.2, 0) is 13.1 Å². The SMILES string of the molecule is CCn1c(C)cc(CNCC2(O)CCCCCC2)c1C. The van der Waals surface area contributed by atoms with E-state index in [1.807, 2.05) is 0 Å². The molecule has 3 heteroatoms. The van der Waals surface area contributed by atoms with Gasteiger partial charge in [0, 0.05) is 31.0 Å². The van der Waals surface area contributed by atoms with E-state index < -0.39 is 5.60 Å². The lowest BCUT2D eigenvalue weighted by molar-refractivity contribution is 0.0250. The zero-order chi connectivity index (χ0) is 14.6. The topological polar surface area (TPSA) is 37.2 Å². The van der Waals surface area contributed by atoms with Crippen LogP contribution in [0.15, 0.2) is 6.07 Å². The fourth-order valence-corrected chi connectivity index (χ4v) is 3.53. The second kappa shape index (κ2) is 6.77. The molecule has 1 aliphatic carbocycles. The van der Waals surface area contributed by atoms with E-state index in [0.29, 0.717) is 0 Å². The molecule has 3 nitrogen and oxygen atoms in total. The lowest BCUT2D eigenvalue weighted by Crippen LogP contribution is -2.39. The number of aryl methyl sites for hydroxylation is 1. The van der Waals surface area contributed by atoms with Crippen molar-refractivity contribution in [2.75, 3.05) is 6.54 Å². The Kier molecular flexibility index (Phi) is 5.28. The lowest BCUT2D eigenvalue weighted by Gasteiger charge is -2.27. The van der Waals surface area contributed by atoms with Gasteiger partial charge < -0.3 is 15.0 Å². The summed E-state index contributed by atoms with van der Waals surface area (Å²) < 4.78 is 2.34. The first kappa shape index (κ1) is 15.6. The van der Waals surface area contributed by atoms with Gasteiger partial charge in [-0.2, -0.15) is 0 Å². The van der Waals surface area contributed by atoms with E-state index in [4.69, 9.17) is 0 Å². The molecule has 0 amide bonds. The van der Waals surface area contributed by atoms with Crippen molar-refractivity contribution in [1.29, 1.82) is 0 Å². The highest BCUT2D eigenvalue weighted by Crippen LogP contribution is 2.26. The van der Waals surface area contributed by atoms with Crippen molar-refractivity contribution in [1.82, 2.24) is 9.88 Å². The van der Waals surface area contributed by atoms with Crippen LogP contribution in [0.5, 0.6) is 0 Å². The fourth-order valence-electron chi connectivity index (χ4n) is 3.53. The van der Waals surface area contributed by atoms with E-state index in [1.165, 1.54) is 42.6 Å². The first-order valence-electron chi connectivity index (χ1n) is 8.14. The normalized spacial score (nSPS) is 19.0. The van der Waals surface area contributed by atoms with Crippen LogP contribution in [0.2, 0.25) is 0 Å². The van der Waals surface area contributed by atoms with Gasteiger partial charge in [-0.1, -0.05) is 25.7 Å². The molecule has 0 radical (unpaired) electrons. The lowest BCUT2D eigenvalue weighted by atomic mass is 9.94. The van der Waals surface area contributed by atoms with Gasteiger partial charge in [0.05, 0.1) is 5.60 Å². The van der Waals surface area contributed by atoms with Crippen LogP contribution >= 0.6 is 0 Å². The summed E-state index contributed by atoms with van der Waals surface area (Å²) in [5.74, 6) is 0. The quantitative estimate of drug-likeness (QED) is 0.811. The molecule has 0 bridgehead atoms. The van der Waals surface area contributed by atoms with Crippen molar-refractivity contribution in [3.05, 3.63) is 23.0 Å². The summed E-state index contributed by atoms with van der Waals surface area (Å²) in [6.45, 7) is 9.16. The van der Waals surface area contributed by atoms with Crippen molar-refractivity contribution in [3.63, 3.8) is 0 Å². The largest absolute Gasteiger partial charge is 0.389 e. The van der Waals surface area contributed by atoms with Crippen LogP contribution in [-0.4, -0.2) is 21.8 Å². The van der Waals surface area contributed by atoms with Gasteiger partial charge >= 0.3 is 0 Å². The predicted molar refractivity (Wildman–Crippen MR) is 83.9 cm³/mol. The van der Waals surface area contributed by atoms with Gasteiger partial charge in [0.15, 0.2) is 0 Å². The summed E-state index contributed by atoms with van der Waals surface area (Å²) in [7, 11) is 0. The Morgan fingerprint density at radius 2 is 1.85 bits per heavy atom. The van der Waals surface area contributed by atoms with Gasteiger partial charge in [-0.15, -0.1) is 0 Å². The van der Waals surface area contributed by atoms with Crippen LogP contribution < -0.4 is 5.32 Å². The molecule has 1 aliphatic rings. The van der Waals surface area contributed by atoms with E-state index in [2.05, 4.69) is 36.7 Å². The highest BCUT2D eigenvalue weighted by Gasteiger charge is 2.27. The summed E-state index contributed by atoms with van der Waals surface area (Å²) >= 11 is 0. The van der Waals surface area contributed by atoms with Crippen molar-refractivity contribution < 1.29 is 5.11 Å². The van der Waals surface area contributed by atoms with E-state index in [1.54, 1.807) is 0 Å². The maximum atomic E-state index is 10.6. The zero-order valence-corrected chi connectivity index (χ0v) is 13.3. The van der Waals surface area contributed by atoms with Crippen LogP contribution in [0.4, 0.5) is 0 Å². The molecular weight excluding hydrogens is 248 g/mol. The molecule has 1 fully saturated rings. The third-order valence-corrected chi connectivity index (χ3v) is 4.80. The molecule has 2 rings (SSSR count). The molecular formula is C17H30N2O. The standard InChI is InChI=1S/C17H30N2O/c1-4-19-14(2)11-16(15(19)3)12-18-13-17(20)9-7-5-6-8-10-17/h11,18,20H,4-10,12-13H2,1-3H3. The average Bonchev–Trinajstić information content (AvgIpc) is 2.57. The Hall–Kier alpha value is -0.800. The van der Waals surface area contributed by atoms with Crippen molar-refractivity contribution in [2.45, 2.75) is 78.0 Å². The molecule has 0 spiro atoms. The molecule has 0 unspecified atom stereocenters. The smallest absolute Gasteiger partial charge is 0.0771 e. The van der Waals surface area contributed by atoms with Crippen LogP contribution in [0.1, 0.15) is 62.4 Å². The molecule has 0 atom stereocenters. The minimum Gasteiger partial charge on any atom is -0.389 e. The Balaban J connectivity index is 1.89. The Labute approximate surface area is 123 Å². The summed E-state index contributed by atoms with van der Waals surface area (Å²) in [6.07, 6.45) is 6.80. The monoisotopic (exact) mass is 278 g/mol. The molecule has 114 valence electrons. The minimum atomic E-state index is -0.479. The second-order valence-electron chi connectivity index (χ2n) is 6.38. The van der Waals surface area contributed by atoms with Gasteiger partial charge in [0.25, 0.3) is 0 Å². The molecule has 2 N–H and O–H groups in total. The minimum absolute atomic E-state index is 0.479. The molecule has 0 aliphatic heterocycles. The predicted octanol–water partition coefficient (Wildman–Crippen LogP) is 3.30. The number of nitrogens with zero attached hydrogens (tertiary/aromatic N) is 1.